The molecule has 1 aliphatic heterocycles. The van der Waals surface area contributed by atoms with E-state index in [1.165, 1.54) is 11.8 Å². The Morgan fingerprint density at radius 2 is 1.21 bits per heavy atom. The van der Waals surface area contributed by atoms with Crippen LogP contribution in [0.2, 0.25) is 124 Å². The molecule has 0 aromatic heterocycles. The topological polar surface area (TPSA) is 40.2 Å². The fourth-order valence-corrected chi connectivity index (χ4v) is 9.21. The van der Waals surface area contributed by atoms with Crippen LogP contribution in [0.5, 0.6) is 0 Å². The fourth-order valence-electron chi connectivity index (χ4n) is 1.72. The van der Waals surface area contributed by atoms with E-state index in [1.807, 2.05) is 13.0 Å². The molecule has 1 aliphatic rings. The van der Waals surface area contributed by atoms with Crippen molar-refractivity contribution in [3.63, 3.8) is 0 Å². The van der Waals surface area contributed by atoms with Gasteiger partial charge in [-0.1, -0.05) is 78.6 Å². The number of epoxide rings is 1. The number of rotatable bonds is 12. The molecule has 1 rings (SSSR count). The molecule has 1 heterocycles. The van der Waals surface area contributed by atoms with E-state index in [1.54, 1.807) is 7.11 Å². The van der Waals surface area contributed by atoms with Gasteiger partial charge in [-0.2, -0.15) is 11.2 Å². The zero-order valence-electron chi connectivity index (χ0n) is 32.0. The molecule has 0 radical (unpaired) electrons. The minimum absolute atomic E-state index is 0.428. The van der Waals surface area contributed by atoms with Gasteiger partial charge in [-0.3, -0.25) is 0 Å². The summed E-state index contributed by atoms with van der Waals surface area (Å²) in [5, 5.41) is 0. The lowest BCUT2D eigenvalue weighted by Gasteiger charge is -2.19. The standard InChI is InChI=1S/C8H18O2Si.C8H22SSi2.C6H14O2Si.C5H12Si.C3H10SSi/c1-6-8(9-2)7-10-11(3,4)5;1-10(2,3)8-7-9-11(4,5)6;1-9(2,3)8-5-6-4-7-6;1-5-6(2,3)4;1-5(2,3)4/h6H,7H2,1-5H3;7-8H2,1-6H3;6H,4-5H2,1-3H3;5H,1H2,2-4H3;4H,1-3H3/b8-6+;;;;. The quantitative estimate of drug-likeness (QED) is 0.0936. The number of allylic oxidation sites excluding steroid dienone is 1. The molecule has 12 heteroatoms. The average Bonchev–Trinajstić information content (AvgIpc) is 3.54. The van der Waals surface area contributed by atoms with Gasteiger partial charge in [-0.15, -0.1) is 12.3 Å². The Balaban J connectivity index is -0.000000221. The smallest absolute Gasteiger partial charge is 0.184 e. The van der Waals surface area contributed by atoms with Crippen LogP contribution in [-0.2, 0) is 18.3 Å². The highest BCUT2D eigenvalue weighted by molar-refractivity contribution is 8.28. The summed E-state index contributed by atoms with van der Waals surface area (Å²) < 4.78 is 21.2. The summed E-state index contributed by atoms with van der Waals surface area (Å²) in [6, 6.07) is 1.49. The minimum atomic E-state index is -1.37. The van der Waals surface area contributed by atoms with Crippen molar-refractivity contribution < 1.29 is 18.3 Å². The number of hydrogen-bond donors (Lipinski definition) is 1. The van der Waals surface area contributed by atoms with Gasteiger partial charge < -0.3 is 18.3 Å². The van der Waals surface area contributed by atoms with E-state index in [-0.39, 0.29) is 0 Å². The normalized spacial score (nSPS) is 15.7. The summed E-state index contributed by atoms with van der Waals surface area (Å²) in [4.78, 5) is 0. The zero-order chi connectivity index (χ0) is 34.6. The van der Waals surface area contributed by atoms with Gasteiger partial charge in [0.2, 0.25) is 0 Å². The molecule has 0 aliphatic carbocycles. The molecule has 0 bridgehead atoms. The molecule has 1 atom stereocenters. The molecule has 1 saturated heterocycles. The maximum Gasteiger partial charge on any atom is 0.184 e. The van der Waals surface area contributed by atoms with Gasteiger partial charge in [0.15, 0.2) is 16.6 Å². The Morgan fingerprint density at radius 3 is 1.43 bits per heavy atom. The van der Waals surface area contributed by atoms with Crippen molar-refractivity contribution in [3.05, 3.63) is 24.1 Å². The number of ether oxygens (including phenoxy) is 2. The Morgan fingerprint density at radius 1 is 0.833 bits per heavy atom. The van der Waals surface area contributed by atoms with E-state index in [0.717, 1.165) is 19.0 Å². The Kier molecular flexibility index (Phi) is 28.0. The lowest BCUT2D eigenvalue weighted by atomic mass is 10.5. The van der Waals surface area contributed by atoms with E-state index in [2.05, 4.69) is 153 Å². The number of methoxy groups -OCH3 is 1. The second-order valence-electron chi connectivity index (χ2n) is 16.8. The Bertz CT molecular complexity index is 674. The van der Waals surface area contributed by atoms with Gasteiger partial charge in [-0.05, 0) is 64.1 Å². The Labute approximate surface area is 281 Å². The van der Waals surface area contributed by atoms with Crippen molar-refractivity contribution in [1.82, 2.24) is 0 Å². The first-order valence-electron chi connectivity index (χ1n) is 15.4. The fraction of sp³-hybridized carbons (Fsp3) is 0.867. The van der Waals surface area contributed by atoms with Crippen molar-refractivity contribution in [3.8, 4) is 0 Å². The second-order valence-corrected chi connectivity index (χ2v) is 54.4. The molecule has 256 valence electrons. The van der Waals surface area contributed by atoms with Crippen LogP contribution in [-0.4, -0.2) is 86.0 Å². The van der Waals surface area contributed by atoms with Crippen LogP contribution in [0.4, 0.5) is 0 Å². The third-order valence-corrected chi connectivity index (χ3v) is 14.2. The highest BCUT2D eigenvalue weighted by Gasteiger charge is 2.25. The number of thiol groups is 1. The first-order chi connectivity index (χ1) is 18.3. The summed E-state index contributed by atoms with van der Waals surface area (Å²) in [6.07, 6.45) is 2.36. The molecule has 1 fully saturated rings. The third kappa shape index (κ3) is 68.4. The summed E-state index contributed by atoms with van der Waals surface area (Å²) in [5.74, 6) is 2.32. The molecule has 0 saturated carbocycles. The van der Waals surface area contributed by atoms with E-state index in [9.17, 15) is 0 Å². The summed E-state index contributed by atoms with van der Waals surface area (Å²) in [5.41, 5.74) is 2.08. The molecule has 0 amide bonds. The average molecular weight is 734 g/mol. The lowest BCUT2D eigenvalue weighted by molar-refractivity contribution is 0.215. The molecule has 0 N–H and O–H groups in total. The van der Waals surface area contributed by atoms with Crippen molar-refractivity contribution in [2.75, 3.05) is 32.7 Å². The third-order valence-electron chi connectivity index (χ3n) is 4.34. The van der Waals surface area contributed by atoms with E-state index < -0.39 is 47.2 Å². The molecule has 1 unspecified atom stereocenters. The van der Waals surface area contributed by atoms with Crippen molar-refractivity contribution in [2.45, 2.75) is 137 Å². The molecule has 4 nitrogen and oxygen atoms in total. The van der Waals surface area contributed by atoms with Gasteiger partial charge in [-0.25, -0.2) is 12.1 Å². The van der Waals surface area contributed by atoms with Crippen LogP contribution in [0, 0.1) is 0 Å². The lowest BCUT2D eigenvalue weighted by Crippen LogP contribution is -2.27. The zero-order valence-corrected chi connectivity index (χ0v) is 39.7. The van der Waals surface area contributed by atoms with Crippen LogP contribution in [0.3, 0.4) is 0 Å². The second kappa shape index (κ2) is 23.5. The van der Waals surface area contributed by atoms with E-state index >= 15 is 0 Å². The molecule has 0 aromatic carbocycles. The van der Waals surface area contributed by atoms with Crippen molar-refractivity contribution in [2.24, 2.45) is 0 Å². The minimum Gasteiger partial charge on any atom is -0.499 e. The van der Waals surface area contributed by atoms with E-state index in [4.69, 9.17) is 18.3 Å². The van der Waals surface area contributed by atoms with Crippen molar-refractivity contribution in [1.29, 1.82) is 0 Å². The monoisotopic (exact) mass is 732 g/mol. The highest BCUT2D eigenvalue weighted by atomic mass is 32.4. The van der Waals surface area contributed by atoms with Crippen LogP contribution in [0.1, 0.15) is 6.92 Å². The summed E-state index contributed by atoms with van der Waals surface area (Å²) in [6.45, 7) is 49.1. The highest BCUT2D eigenvalue weighted by Crippen LogP contribution is 2.23. The molecule has 0 aromatic rings. The Hall–Kier alpha value is 1.16. The summed E-state index contributed by atoms with van der Waals surface area (Å²) in [7, 11) is -4.32. The molecule has 42 heavy (non-hydrogen) atoms. The maximum absolute atomic E-state index is 5.62. The van der Waals surface area contributed by atoms with E-state index in [0.29, 0.717) is 12.7 Å². The predicted octanol–water partition coefficient (Wildman–Crippen LogP) is 11.3. The van der Waals surface area contributed by atoms with Crippen molar-refractivity contribution >= 4 is 70.5 Å². The van der Waals surface area contributed by atoms with Gasteiger partial charge >= 0.3 is 0 Å². The molecule has 0 spiro atoms. The first kappa shape index (κ1) is 50.0. The van der Waals surface area contributed by atoms with Gasteiger partial charge in [0, 0.05) is 8.07 Å². The first-order valence-corrected chi connectivity index (χ1v) is 39.5. The van der Waals surface area contributed by atoms with Gasteiger partial charge in [0.05, 0.1) is 35.0 Å². The largest absolute Gasteiger partial charge is 0.499 e. The van der Waals surface area contributed by atoms with Crippen LogP contribution < -0.4 is 0 Å². The maximum atomic E-state index is 5.62. The van der Waals surface area contributed by atoms with Gasteiger partial charge in [0.25, 0.3) is 0 Å². The van der Waals surface area contributed by atoms with Gasteiger partial charge in [0.1, 0.15) is 26.3 Å². The van der Waals surface area contributed by atoms with Crippen LogP contribution in [0.25, 0.3) is 0 Å². The molecular formula is C30H76O4S2Si6. The van der Waals surface area contributed by atoms with Crippen LogP contribution in [0.15, 0.2) is 24.1 Å². The summed E-state index contributed by atoms with van der Waals surface area (Å²) >= 11 is 6.50. The predicted molar refractivity (Wildman–Crippen MR) is 219 cm³/mol. The molecular weight excluding hydrogens is 657 g/mol. The SMILES string of the molecule is C/C=C(\CO[Si](C)(C)C)OC.C=C[Si](C)(C)C.C[Si](C)(C)CCS[Si](C)(C)C.C[Si](C)(C)OCC1CO1.C[Si](C)(C)S. The van der Waals surface area contributed by atoms with Crippen LogP contribution >= 0.6 is 23.3 Å². The number of hydrogen-bond acceptors (Lipinski definition) is 6.